The van der Waals surface area contributed by atoms with E-state index < -0.39 is 11.7 Å². The Labute approximate surface area is 75.8 Å². The van der Waals surface area contributed by atoms with Gasteiger partial charge in [0.1, 0.15) is 17.6 Å². The molecule has 0 spiro atoms. The molecule has 0 unspecified atom stereocenters. The molecule has 0 aliphatic rings. The van der Waals surface area contributed by atoms with E-state index in [1.54, 1.807) is 6.92 Å². The first-order chi connectivity index (χ1) is 6.17. The lowest BCUT2D eigenvalue weighted by Gasteiger charge is -2.06. The molecule has 0 aliphatic heterocycles. The van der Waals surface area contributed by atoms with Gasteiger partial charge in [-0.1, -0.05) is 6.92 Å². The molecule has 0 saturated carbocycles. The maximum Gasteiger partial charge on any atom is 0.339 e. The summed E-state index contributed by atoms with van der Waals surface area (Å²) in [6.45, 7) is 1.80. The minimum atomic E-state index is -0.747. The van der Waals surface area contributed by atoms with Crippen LogP contribution in [0.3, 0.4) is 0 Å². The van der Waals surface area contributed by atoms with Crippen LogP contribution >= 0.6 is 0 Å². The predicted octanol–water partition coefficient (Wildman–Crippen LogP) is 1.09. The zero-order chi connectivity index (χ0) is 9.84. The smallest absolute Gasteiger partial charge is 0.339 e. The first-order valence-corrected chi connectivity index (χ1v) is 4.04. The Morgan fingerprint density at radius 3 is 2.85 bits per heavy atom. The molecule has 0 saturated heterocycles. The van der Waals surface area contributed by atoms with E-state index in [0.29, 0.717) is 12.2 Å². The van der Waals surface area contributed by atoms with Gasteiger partial charge in [-0.3, -0.25) is 0 Å². The maximum absolute atomic E-state index is 10.9. The molecular weight excluding hydrogens is 172 g/mol. The number of hydrogen-bond acceptors (Lipinski definition) is 4. The Morgan fingerprint density at radius 2 is 2.31 bits per heavy atom. The van der Waals surface area contributed by atoms with Crippen LogP contribution in [-0.4, -0.2) is 12.2 Å². The van der Waals surface area contributed by atoms with Crippen molar-refractivity contribution in [1.82, 2.24) is 0 Å². The Bertz CT molecular complexity index is 329. The highest BCUT2D eigenvalue weighted by atomic mass is 16.5. The van der Waals surface area contributed by atoms with E-state index in [1.165, 1.54) is 19.2 Å². The molecule has 0 fully saturated rings. The van der Waals surface area contributed by atoms with Crippen LogP contribution in [-0.2, 0) is 0 Å². The molecule has 72 valence electrons. The fourth-order valence-corrected chi connectivity index (χ4v) is 0.956. The summed E-state index contributed by atoms with van der Waals surface area (Å²) in [6.07, 6.45) is -0.251. The SMILES string of the molecule is CC[C@H](O)c1cc(OC)cc(=O)o1. The van der Waals surface area contributed by atoms with Crippen LogP contribution in [0.2, 0.25) is 0 Å². The standard InChI is InChI=1S/C9H12O4/c1-3-7(10)8-4-6(12-2)5-9(11)13-8/h4-5,7,10H,3H2,1-2H3/t7-/m0/s1. The van der Waals surface area contributed by atoms with Gasteiger partial charge in [0.15, 0.2) is 0 Å². The highest BCUT2D eigenvalue weighted by Gasteiger charge is 2.09. The molecule has 1 aromatic rings. The predicted molar refractivity (Wildman–Crippen MR) is 46.8 cm³/mol. The minimum Gasteiger partial charge on any atom is -0.496 e. The zero-order valence-electron chi connectivity index (χ0n) is 7.61. The van der Waals surface area contributed by atoms with Gasteiger partial charge in [-0.25, -0.2) is 4.79 Å². The lowest BCUT2D eigenvalue weighted by Crippen LogP contribution is -2.04. The number of aliphatic hydroxyl groups is 1. The summed E-state index contributed by atoms with van der Waals surface area (Å²) in [6, 6.07) is 2.74. The second-order valence-electron chi connectivity index (χ2n) is 2.64. The van der Waals surface area contributed by atoms with Crippen molar-refractivity contribution in [2.24, 2.45) is 0 Å². The van der Waals surface area contributed by atoms with E-state index in [4.69, 9.17) is 9.15 Å². The molecule has 4 heteroatoms. The molecule has 0 radical (unpaired) electrons. The topological polar surface area (TPSA) is 59.7 Å². The molecule has 1 atom stereocenters. The monoisotopic (exact) mass is 184 g/mol. The van der Waals surface area contributed by atoms with Gasteiger partial charge in [-0.2, -0.15) is 0 Å². The summed E-state index contributed by atoms with van der Waals surface area (Å²) in [5.74, 6) is 0.644. The summed E-state index contributed by atoms with van der Waals surface area (Å²) in [5.41, 5.74) is -0.512. The highest BCUT2D eigenvalue weighted by Crippen LogP contribution is 2.18. The Balaban J connectivity index is 3.08. The normalized spacial score (nSPS) is 12.5. The number of ether oxygens (including phenoxy) is 1. The van der Waals surface area contributed by atoms with E-state index in [0.717, 1.165) is 0 Å². The second kappa shape index (κ2) is 4.09. The van der Waals surface area contributed by atoms with Crippen molar-refractivity contribution in [1.29, 1.82) is 0 Å². The number of methoxy groups -OCH3 is 1. The van der Waals surface area contributed by atoms with Crippen LogP contribution in [0.15, 0.2) is 21.3 Å². The molecule has 0 amide bonds. The first kappa shape index (κ1) is 9.80. The van der Waals surface area contributed by atoms with Gasteiger partial charge < -0.3 is 14.3 Å². The van der Waals surface area contributed by atoms with Crippen molar-refractivity contribution < 1.29 is 14.3 Å². The molecular formula is C9H12O4. The van der Waals surface area contributed by atoms with Crippen LogP contribution in [0.4, 0.5) is 0 Å². The van der Waals surface area contributed by atoms with Crippen molar-refractivity contribution in [3.8, 4) is 5.75 Å². The fraction of sp³-hybridized carbons (Fsp3) is 0.444. The molecule has 0 aromatic carbocycles. The van der Waals surface area contributed by atoms with E-state index in [-0.39, 0.29) is 5.76 Å². The highest BCUT2D eigenvalue weighted by molar-refractivity contribution is 5.21. The van der Waals surface area contributed by atoms with Crippen molar-refractivity contribution in [2.45, 2.75) is 19.4 Å². The lowest BCUT2D eigenvalue weighted by molar-refractivity contribution is 0.140. The van der Waals surface area contributed by atoms with Gasteiger partial charge in [-0.15, -0.1) is 0 Å². The molecule has 4 nitrogen and oxygen atoms in total. The summed E-state index contributed by atoms with van der Waals surface area (Å²) < 4.78 is 9.65. The number of rotatable bonds is 3. The van der Waals surface area contributed by atoms with Crippen LogP contribution in [0.1, 0.15) is 25.2 Å². The molecule has 0 bridgehead atoms. The maximum atomic E-state index is 10.9. The number of hydrogen-bond donors (Lipinski definition) is 1. The van der Waals surface area contributed by atoms with Gasteiger partial charge >= 0.3 is 5.63 Å². The lowest BCUT2D eigenvalue weighted by atomic mass is 10.2. The van der Waals surface area contributed by atoms with E-state index in [2.05, 4.69) is 0 Å². The largest absolute Gasteiger partial charge is 0.496 e. The Hall–Kier alpha value is -1.29. The van der Waals surface area contributed by atoms with E-state index in [9.17, 15) is 9.90 Å². The third-order valence-electron chi connectivity index (χ3n) is 1.71. The van der Waals surface area contributed by atoms with Crippen molar-refractivity contribution >= 4 is 0 Å². The number of aliphatic hydroxyl groups excluding tert-OH is 1. The summed E-state index contributed by atoms with van der Waals surface area (Å²) >= 11 is 0. The van der Waals surface area contributed by atoms with Crippen molar-refractivity contribution in [3.05, 3.63) is 28.3 Å². The summed E-state index contributed by atoms with van der Waals surface area (Å²) in [4.78, 5) is 10.9. The van der Waals surface area contributed by atoms with E-state index >= 15 is 0 Å². The quantitative estimate of drug-likeness (QED) is 0.763. The van der Waals surface area contributed by atoms with Crippen LogP contribution in [0, 0.1) is 0 Å². The van der Waals surface area contributed by atoms with E-state index in [1.807, 2.05) is 0 Å². The first-order valence-electron chi connectivity index (χ1n) is 4.04. The molecule has 1 N–H and O–H groups in total. The average molecular weight is 184 g/mol. The van der Waals surface area contributed by atoms with Gasteiger partial charge in [0.25, 0.3) is 0 Å². The van der Waals surface area contributed by atoms with Gasteiger partial charge in [-0.05, 0) is 6.42 Å². The molecule has 1 aromatic heterocycles. The van der Waals surface area contributed by atoms with Crippen LogP contribution in [0.5, 0.6) is 5.75 Å². The summed E-state index contributed by atoms with van der Waals surface area (Å²) in [5, 5.41) is 9.39. The molecule has 13 heavy (non-hydrogen) atoms. The molecule has 1 rings (SSSR count). The van der Waals surface area contributed by atoms with Crippen molar-refractivity contribution in [2.75, 3.05) is 7.11 Å². The van der Waals surface area contributed by atoms with Gasteiger partial charge in [0, 0.05) is 6.07 Å². The zero-order valence-corrected chi connectivity index (χ0v) is 7.61. The fourth-order valence-electron chi connectivity index (χ4n) is 0.956. The average Bonchev–Trinajstić information content (AvgIpc) is 2.15. The Morgan fingerprint density at radius 1 is 1.62 bits per heavy atom. The third kappa shape index (κ3) is 2.32. The van der Waals surface area contributed by atoms with Gasteiger partial charge in [0.2, 0.25) is 0 Å². The Kier molecular flexibility index (Phi) is 3.08. The van der Waals surface area contributed by atoms with Gasteiger partial charge in [0.05, 0.1) is 13.2 Å². The van der Waals surface area contributed by atoms with Crippen LogP contribution in [0.25, 0.3) is 0 Å². The second-order valence-corrected chi connectivity index (χ2v) is 2.64. The minimum absolute atomic E-state index is 0.242. The van der Waals surface area contributed by atoms with Crippen molar-refractivity contribution in [3.63, 3.8) is 0 Å². The van der Waals surface area contributed by atoms with Crippen LogP contribution < -0.4 is 10.4 Å². The molecule has 0 aliphatic carbocycles. The molecule has 1 heterocycles. The third-order valence-corrected chi connectivity index (χ3v) is 1.71. The summed E-state index contributed by atoms with van der Waals surface area (Å²) in [7, 11) is 1.46.